The molecule has 0 spiro atoms. The Labute approximate surface area is 203 Å². The molecule has 1 aromatic heterocycles. The third-order valence-electron chi connectivity index (χ3n) is 6.36. The van der Waals surface area contributed by atoms with Gasteiger partial charge in [-0.05, 0) is 43.2 Å². The number of ether oxygens (including phenoxy) is 2. The van der Waals surface area contributed by atoms with Gasteiger partial charge in [0.1, 0.15) is 17.0 Å². The first-order valence-electron chi connectivity index (χ1n) is 11.1. The Morgan fingerprint density at radius 2 is 1.76 bits per heavy atom. The maximum atomic E-state index is 13.1. The third kappa shape index (κ3) is 4.62. The second kappa shape index (κ2) is 9.89. The normalized spacial score (nSPS) is 15.7. The number of thiazole rings is 1. The number of aryl methyl sites for hydroxylation is 1. The first-order valence-corrected chi connectivity index (χ1v) is 13.4. The highest BCUT2D eigenvalue weighted by molar-refractivity contribution is 7.89. The smallest absolute Gasteiger partial charge is 0.279 e. The van der Waals surface area contributed by atoms with Crippen molar-refractivity contribution >= 4 is 37.5 Å². The monoisotopic (exact) mass is 503 g/mol. The fourth-order valence-electron chi connectivity index (χ4n) is 4.33. The van der Waals surface area contributed by atoms with Crippen LogP contribution < -0.4 is 14.3 Å². The molecule has 2 aromatic carbocycles. The lowest BCUT2D eigenvalue weighted by molar-refractivity contribution is 0.0998. The standard InChI is InChI=1S/C24H29N3O5S2/c1-26-22-20(32-4)14-18(31-3)15-21(22)33-24(26)25-23(28)16-10-12-19(13-11-16)34(29,30)27(2)17-8-6-5-7-9-17/h10-15,17H,5-9H2,1-4H3. The van der Waals surface area contributed by atoms with Gasteiger partial charge in [-0.3, -0.25) is 4.79 Å². The summed E-state index contributed by atoms with van der Waals surface area (Å²) in [7, 11) is 3.01. The maximum absolute atomic E-state index is 13.1. The summed E-state index contributed by atoms with van der Waals surface area (Å²) in [6.07, 6.45) is 5.02. The number of amides is 1. The molecule has 0 atom stereocenters. The number of nitrogens with zero attached hydrogens (tertiary/aromatic N) is 3. The molecule has 1 amide bonds. The molecule has 1 heterocycles. The predicted molar refractivity (Wildman–Crippen MR) is 132 cm³/mol. The molecule has 0 N–H and O–H groups in total. The summed E-state index contributed by atoms with van der Waals surface area (Å²) >= 11 is 1.35. The van der Waals surface area contributed by atoms with Crippen LogP contribution in [0.2, 0.25) is 0 Å². The molecule has 1 fully saturated rings. The van der Waals surface area contributed by atoms with Crippen molar-refractivity contribution in [2.45, 2.75) is 43.0 Å². The number of sulfonamides is 1. The van der Waals surface area contributed by atoms with Gasteiger partial charge >= 0.3 is 0 Å². The summed E-state index contributed by atoms with van der Waals surface area (Å²) in [6.45, 7) is 0. The molecule has 34 heavy (non-hydrogen) atoms. The van der Waals surface area contributed by atoms with Gasteiger partial charge in [0.2, 0.25) is 10.0 Å². The number of fused-ring (bicyclic) bond motifs is 1. The zero-order valence-electron chi connectivity index (χ0n) is 19.8. The lowest BCUT2D eigenvalue weighted by Crippen LogP contribution is -2.38. The van der Waals surface area contributed by atoms with Gasteiger partial charge in [0.15, 0.2) is 4.80 Å². The van der Waals surface area contributed by atoms with Gasteiger partial charge in [-0.25, -0.2) is 8.42 Å². The largest absolute Gasteiger partial charge is 0.497 e. The number of carbonyl (C=O) groups is 1. The SMILES string of the molecule is COc1cc(OC)c2c(c1)sc(=NC(=O)c1ccc(S(=O)(=O)N(C)C3CCCCC3)cc1)n2C. The average molecular weight is 504 g/mol. The van der Waals surface area contributed by atoms with Gasteiger partial charge in [0.25, 0.3) is 5.91 Å². The zero-order valence-corrected chi connectivity index (χ0v) is 21.4. The summed E-state index contributed by atoms with van der Waals surface area (Å²) in [5, 5.41) is 0. The molecule has 8 nitrogen and oxygen atoms in total. The van der Waals surface area contributed by atoms with Crippen LogP contribution in [0.5, 0.6) is 11.5 Å². The minimum atomic E-state index is -3.61. The Morgan fingerprint density at radius 1 is 1.09 bits per heavy atom. The van der Waals surface area contributed by atoms with Crippen molar-refractivity contribution in [2.75, 3.05) is 21.3 Å². The van der Waals surface area contributed by atoms with Crippen LogP contribution >= 0.6 is 11.3 Å². The number of rotatable bonds is 6. The van der Waals surface area contributed by atoms with Crippen molar-refractivity contribution < 1.29 is 22.7 Å². The highest BCUT2D eigenvalue weighted by Crippen LogP contribution is 2.32. The number of benzene rings is 2. The number of methoxy groups -OCH3 is 2. The maximum Gasteiger partial charge on any atom is 0.279 e. The van der Waals surface area contributed by atoms with Crippen LogP contribution in [0.25, 0.3) is 10.2 Å². The van der Waals surface area contributed by atoms with E-state index < -0.39 is 15.9 Å². The van der Waals surface area contributed by atoms with E-state index in [9.17, 15) is 13.2 Å². The molecule has 1 aliphatic carbocycles. The minimum Gasteiger partial charge on any atom is -0.497 e. The second-order valence-corrected chi connectivity index (χ2v) is 11.4. The number of carbonyl (C=O) groups excluding carboxylic acids is 1. The third-order valence-corrected chi connectivity index (χ3v) is 9.36. The Hall–Kier alpha value is -2.69. The molecule has 182 valence electrons. The molecular weight excluding hydrogens is 474 g/mol. The number of hydrogen-bond donors (Lipinski definition) is 0. The first-order chi connectivity index (χ1) is 16.3. The van der Waals surface area contributed by atoms with E-state index in [-0.39, 0.29) is 10.9 Å². The molecule has 3 aromatic rings. The van der Waals surface area contributed by atoms with Crippen molar-refractivity contribution in [1.82, 2.24) is 8.87 Å². The van der Waals surface area contributed by atoms with Crippen molar-refractivity contribution in [3.63, 3.8) is 0 Å². The van der Waals surface area contributed by atoms with Gasteiger partial charge in [-0.1, -0.05) is 30.6 Å². The highest BCUT2D eigenvalue weighted by atomic mass is 32.2. The van der Waals surface area contributed by atoms with E-state index in [1.54, 1.807) is 31.9 Å². The van der Waals surface area contributed by atoms with E-state index in [1.165, 1.54) is 39.9 Å². The molecular formula is C24H29N3O5S2. The van der Waals surface area contributed by atoms with Crippen LogP contribution in [0.4, 0.5) is 0 Å². The molecule has 1 saturated carbocycles. The van der Waals surface area contributed by atoms with E-state index in [2.05, 4.69) is 4.99 Å². The van der Waals surface area contributed by atoms with Gasteiger partial charge in [0, 0.05) is 31.8 Å². The van der Waals surface area contributed by atoms with Gasteiger partial charge in [0.05, 0.1) is 23.8 Å². The van der Waals surface area contributed by atoms with E-state index >= 15 is 0 Å². The van der Waals surface area contributed by atoms with Crippen LogP contribution in [-0.2, 0) is 17.1 Å². The fraction of sp³-hybridized carbons (Fsp3) is 0.417. The molecule has 4 rings (SSSR count). The summed E-state index contributed by atoms with van der Waals surface area (Å²) in [5.41, 5.74) is 1.13. The summed E-state index contributed by atoms with van der Waals surface area (Å²) < 4.78 is 41.1. The molecule has 0 unspecified atom stereocenters. The predicted octanol–water partition coefficient (Wildman–Crippen LogP) is 3.95. The number of aromatic nitrogens is 1. The van der Waals surface area contributed by atoms with Gasteiger partial charge in [-0.2, -0.15) is 9.30 Å². The van der Waals surface area contributed by atoms with Gasteiger partial charge < -0.3 is 14.0 Å². The summed E-state index contributed by atoms with van der Waals surface area (Å²) in [4.78, 5) is 17.8. The zero-order chi connectivity index (χ0) is 24.5. The van der Waals surface area contributed by atoms with Crippen LogP contribution in [0.15, 0.2) is 46.3 Å². The average Bonchev–Trinajstić information content (AvgIpc) is 3.18. The van der Waals surface area contributed by atoms with E-state index in [0.29, 0.717) is 21.9 Å². The van der Waals surface area contributed by atoms with Crippen LogP contribution in [0.1, 0.15) is 42.5 Å². The molecule has 0 radical (unpaired) electrons. The Bertz CT molecular complexity index is 1370. The van der Waals surface area contributed by atoms with Crippen molar-refractivity contribution in [2.24, 2.45) is 12.0 Å². The molecule has 1 aliphatic rings. The Balaban J connectivity index is 1.62. The Morgan fingerprint density at radius 3 is 2.38 bits per heavy atom. The Kier molecular flexibility index (Phi) is 7.11. The quantitative estimate of drug-likeness (QED) is 0.508. The van der Waals surface area contributed by atoms with Crippen LogP contribution in [-0.4, -0.2) is 50.5 Å². The van der Waals surface area contributed by atoms with Gasteiger partial charge in [-0.15, -0.1) is 0 Å². The summed E-state index contributed by atoms with van der Waals surface area (Å²) in [5.74, 6) is 0.829. The van der Waals surface area contributed by atoms with Crippen molar-refractivity contribution in [3.8, 4) is 11.5 Å². The minimum absolute atomic E-state index is 0.0265. The van der Waals surface area contributed by atoms with E-state index in [1.807, 2.05) is 13.1 Å². The second-order valence-electron chi connectivity index (χ2n) is 8.37. The number of hydrogen-bond acceptors (Lipinski definition) is 6. The van der Waals surface area contributed by atoms with Crippen molar-refractivity contribution in [3.05, 3.63) is 46.8 Å². The molecule has 10 heteroatoms. The lowest BCUT2D eigenvalue weighted by Gasteiger charge is -2.30. The lowest BCUT2D eigenvalue weighted by atomic mass is 9.96. The highest BCUT2D eigenvalue weighted by Gasteiger charge is 2.29. The van der Waals surface area contributed by atoms with E-state index in [0.717, 1.165) is 42.3 Å². The topological polar surface area (TPSA) is 90.2 Å². The molecule has 0 bridgehead atoms. The fourth-order valence-corrected chi connectivity index (χ4v) is 6.81. The van der Waals surface area contributed by atoms with Crippen molar-refractivity contribution in [1.29, 1.82) is 0 Å². The first kappa shape index (κ1) is 24.4. The summed E-state index contributed by atoms with van der Waals surface area (Å²) in [6, 6.07) is 9.68. The van der Waals surface area contributed by atoms with E-state index in [4.69, 9.17) is 9.47 Å². The molecule has 0 saturated heterocycles. The van der Waals surface area contributed by atoms with Crippen LogP contribution in [0, 0.1) is 0 Å². The molecule has 0 aliphatic heterocycles. The van der Waals surface area contributed by atoms with Crippen LogP contribution in [0.3, 0.4) is 0 Å².